The second-order valence-corrected chi connectivity index (χ2v) is 8.28. The fourth-order valence-corrected chi connectivity index (χ4v) is 3.99. The summed E-state index contributed by atoms with van der Waals surface area (Å²) in [6, 6.07) is 8.77. The lowest BCUT2D eigenvalue weighted by atomic mass is 10.0. The molecule has 1 aliphatic rings. The Bertz CT molecular complexity index is 1100. The molecule has 1 aliphatic heterocycles. The van der Waals surface area contributed by atoms with Crippen molar-refractivity contribution >= 4 is 16.9 Å². The summed E-state index contributed by atoms with van der Waals surface area (Å²) in [5, 5.41) is 3.62. The maximum atomic E-state index is 4.39. The maximum absolute atomic E-state index is 4.39. The van der Waals surface area contributed by atoms with E-state index in [1.807, 2.05) is 6.92 Å². The van der Waals surface area contributed by atoms with Gasteiger partial charge in [-0.2, -0.15) is 0 Å². The number of nitrogens with zero attached hydrogens (tertiary/aromatic N) is 2. The number of allylic oxidation sites excluding steroid dienone is 3. The molecule has 1 aromatic carbocycles. The number of aromatic amines is 1. The normalized spacial score (nSPS) is 13.6. The molecule has 4 rings (SSSR count). The molecule has 0 fully saturated rings. The van der Waals surface area contributed by atoms with E-state index in [1.54, 1.807) is 0 Å². The number of hydrogen-bond acceptors (Lipinski definition) is 3. The van der Waals surface area contributed by atoms with Gasteiger partial charge in [-0.1, -0.05) is 44.5 Å². The van der Waals surface area contributed by atoms with E-state index in [9.17, 15) is 0 Å². The number of hydrogen-bond donors (Lipinski definition) is 2. The van der Waals surface area contributed by atoms with Crippen molar-refractivity contribution in [1.82, 2.24) is 15.0 Å². The van der Waals surface area contributed by atoms with Crippen LogP contribution in [-0.4, -0.2) is 15.0 Å². The zero-order valence-electron chi connectivity index (χ0n) is 19.9. The second-order valence-electron chi connectivity index (χ2n) is 8.28. The number of pyridine rings is 1. The highest BCUT2D eigenvalue weighted by atomic mass is 15.0. The first kappa shape index (κ1) is 22.8. The first-order chi connectivity index (χ1) is 14.9. The lowest BCUT2D eigenvalue weighted by molar-refractivity contribution is 0.886. The minimum absolute atomic E-state index is 0.842. The minimum Gasteiger partial charge on any atom is -0.355 e. The molecule has 0 spiro atoms. The molecule has 3 heterocycles. The number of rotatable bonds is 4. The molecule has 0 aliphatic carbocycles. The fourth-order valence-electron chi connectivity index (χ4n) is 3.99. The van der Waals surface area contributed by atoms with E-state index < -0.39 is 0 Å². The molecule has 31 heavy (non-hydrogen) atoms. The van der Waals surface area contributed by atoms with Crippen molar-refractivity contribution in [1.29, 1.82) is 0 Å². The van der Waals surface area contributed by atoms with Gasteiger partial charge < -0.3 is 10.3 Å². The number of aromatic nitrogens is 3. The number of H-pyrrole nitrogens is 1. The van der Waals surface area contributed by atoms with Crippen LogP contribution in [0.4, 0.5) is 5.69 Å². The first-order valence-electron chi connectivity index (χ1n) is 11.5. The molecule has 3 aromatic rings. The number of benzene rings is 1. The van der Waals surface area contributed by atoms with Crippen LogP contribution in [0.15, 0.2) is 47.7 Å². The number of fused-ring (bicyclic) bond motifs is 2. The SMILES string of the molecule is CC/C=C\C1=C(CC)CCc2cc(C)ccc2N1.CCc1nc2nc(C)cc(C)c2[nH]1. The average molecular weight is 417 g/mol. The van der Waals surface area contributed by atoms with Crippen molar-refractivity contribution in [2.75, 3.05) is 5.32 Å². The molecule has 2 N–H and O–H groups in total. The van der Waals surface area contributed by atoms with Gasteiger partial charge in [0, 0.05) is 23.5 Å². The van der Waals surface area contributed by atoms with Gasteiger partial charge in [0.05, 0.1) is 5.52 Å². The van der Waals surface area contributed by atoms with Crippen LogP contribution in [-0.2, 0) is 12.8 Å². The Morgan fingerprint density at radius 2 is 1.77 bits per heavy atom. The summed E-state index contributed by atoms with van der Waals surface area (Å²) < 4.78 is 0. The van der Waals surface area contributed by atoms with Crippen LogP contribution in [0.1, 0.15) is 68.2 Å². The molecule has 0 saturated carbocycles. The summed E-state index contributed by atoms with van der Waals surface area (Å²) in [4.78, 5) is 12.0. The van der Waals surface area contributed by atoms with Gasteiger partial charge in [-0.05, 0) is 81.4 Å². The third kappa shape index (κ3) is 5.63. The van der Waals surface area contributed by atoms with E-state index in [0.29, 0.717) is 0 Å². The molecule has 0 amide bonds. The van der Waals surface area contributed by atoms with E-state index in [2.05, 4.69) is 91.3 Å². The van der Waals surface area contributed by atoms with E-state index in [0.717, 1.165) is 48.4 Å². The molecule has 0 radical (unpaired) electrons. The highest BCUT2D eigenvalue weighted by molar-refractivity contribution is 5.74. The van der Waals surface area contributed by atoms with Crippen molar-refractivity contribution in [2.45, 2.75) is 73.6 Å². The molecule has 0 bridgehead atoms. The lowest BCUT2D eigenvalue weighted by Crippen LogP contribution is -2.00. The van der Waals surface area contributed by atoms with Gasteiger partial charge in [-0.15, -0.1) is 0 Å². The summed E-state index contributed by atoms with van der Waals surface area (Å²) in [5.41, 5.74) is 11.1. The Labute approximate surface area is 186 Å². The van der Waals surface area contributed by atoms with Crippen LogP contribution < -0.4 is 5.32 Å². The van der Waals surface area contributed by atoms with Gasteiger partial charge >= 0.3 is 0 Å². The van der Waals surface area contributed by atoms with Crippen LogP contribution in [0.25, 0.3) is 11.2 Å². The standard InChI is InChI=1S/C17H23N.C10H13N3/c1-4-6-7-16-14(5-2)9-10-15-12-13(3)8-11-17(15)18-16;1-4-8-12-9-6(2)5-7(3)11-10(9)13-8/h6-8,11-12,18H,4-5,9-10H2,1-3H3;5H,4H2,1-3H3,(H,11,12,13)/b7-6-;. The zero-order valence-corrected chi connectivity index (χ0v) is 19.9. The molecule has 0 saturated heterocycles. The lowest BCUT2D eigenvalue weighted by Gasteiger charge is -2.11. The molecular formula is C27H36N4. The van der Waals surface area contributed by atoms with Crippen LogP contribution in [0.5, 0.6) is 0 Å². The molecule has 2 aromatic heterocycles. The first-order valence-corrected chi connectivity index (χ1v) is 11.5. The van der Waals surface area contributed by atoms with Crippen molar-refractivity contribution < 1.29 is 0 Å². The number of anilines is 1. The maximum Gasteiger partial charge on any atom is 0.178 e. The van der Waals surface area contributed by atoms with E-state index in [-0.39, 0.29) is 0 Å². The Kier molecular flexibility index (Phi) is 7.67. The predicted octanol–water partition coefficient (Wildman–Crippen LogP) is 7.12. The summed E-state index contributed by atoms with van der Waals surface area (Å²) in [6.45, 7) is 12.7. The number of nitrogens with one attached hydrogen (secondary N) is 2. The van der Waals surface area contributed by atoms with Crippen molar-refractivity contribution in [3.05, 3.63) is 75.9 Å². The summed E-state index contributed by atoms with van der Waals surface area (Å²) in [5.74, 6) is 1.01. The quantitative estimate of drug-likeness (QED) is 0.476. The van der Waals surface area contributed by atoms with Crippen LogP contribution in [0, 0.1) is 20.8 Å². The fraction of sp³-hybridized carbons (Fsp3) is 0.407. The summed E-state index contributed by atoms with van der Waals surface area (Å²) in [6.07, 6.45) is 9.94. The minimum atomic E-state index is 0.842. The molecule has 0 unspecified atom stereocenters. The van der Waals surface area contributed by atoms with Crippen LogP contribution in [0.2, 0.25) is 0 Å². The molecular weight excluding hydrogens is 380 g/mol. The largest absolute Gasteiger partial charge is 0.355 e. The predicted molar refractivity (Wildman–Crippen MR) is 133 cm³/mol. The Morgan fingerprint density at radius 1 is 0.968 bits per heavy atom. The molecule has 4 nitrogen and oxygen atoms in total. The van der Waals surface area contributed by atoms with Gasteiger partial charge in [0.25, 0.3) is 0 Å². The van der Waals surface area contributed by atoms with Crippen LogP contribution >= 0.6 is 0 Å². The van der Waals surface area contributed by atoms with Gasteiger partial charge in [-0.3, -0.25) is 0 Å². The van der Waals surface area contributed by atoms with Crippen LogP contribution in [0.3, 0.4) is 0 Å². The monoisotopic (exact) mass is 416 g/mol. The van der Waals surface area contributed by atoms with Gasteiger partial charge in [0.15, 0.2) is 5.65 Å². The third-order valence-electron chi connectivity index (χ3n) is 5.72. The average Bonchev–Trinajstić information content (AvgIpc) is 3.09. The summed E-state index contributed by atoms with van der Waals surface area (Å²) in [7, 11) is 0. The third-order valence-corrected chi connectivity index (χ3v) is 5.72. The molecule has 164 valence electrons. The Hall–Kier alpha value is -2.88. The van der Waals surface area contributed by atoms with Gasteiger partial charge in [-0.25, -0.2) is 9.97 Å². The van der Waals surface area contributed by atoms with Gasteiger partial charge in [0.1, 0.15) is 5.82 Å². The topological polar surface area (TPSA) is 53.6 Å². The zero-order chi connectivity index (χ0) is 22.4. The van der Waals surface area contributed by atoms with E-state index in [1.165, 1.54) is 40.1 Å². The Balaban J connectivity index is 0.000000185. The summed E-state index contributed by atoms with van der Waals surface area (Å²) >= 11 is 0. The Morgan fingerprint density at radius 3 is 2.48 bits per heavy atom. The molecule has 4 heteroatoms. The van der Waals surface area contributed by atoms with Crippen molar-refractivity contribution in [3.63, 3.8) is 0 Å². The number of imidazole rings is 1. The smallest absolute Gasteiger partial charge is 0.178 e. The molecule has 0 atom stereocenters. The van der Waals surface area contributed by atoms with Crippen molar-refractivity contribution in [3.8, 4) is 0 Å². The highest BCUT2D eigenvalue weighted by Gasteiger charge is 2.12. The van der Waals surface area contributed by atoms with E-state index >= 15 is 0 Å². The van der Waals surface area contributed by atoms with Crippen molar-refractivity contribution in [2.24, 2.45) is 0 Å². The van der Waals surface area contributed by atoms with Gasteiger partial charge in [0.2, 0.25) is 0 Å². The second kappa shape index (κ2) is 10.4. The van der Waals surface area contributed by atoms with E-state index in [4.69, 9.17) is 0 Å². The highest BCUT2D eigenvalue weighted by Crippen LogP contribution is 2.29. The number of aryl methyl sites for hydroxylation is 5.